The smallest absolute Gasteiger partial charge is 0.243 e. The Hall–Kier alpha value is -0.950. The molecule has 0 N–H and O–H groups in total. The van der Waals surface area contributed by atoms with E-state index in [-0.39, 0.29) is 0 Å². The van der Waals surface area contributed by atoms with Gasteiger partial charge in [0, 0.05) is 26.2 Å². The predicted molar refractivity (Wildman–Crippen MR) is 99.3 cm³/mol. The first kappa shape index (κ1) is 18.8. The summed E-state index contributed by atoms with van der Waals surface area (Å²) in [5, 5.41) is 0. The summed E-state index contributed by atoms with van der Waals surface area (Å²) in [4.78, 5) is 2.92. The Morgan fingerprint density at radius 3 is 2.40 bits per heavy atom. The highest BCUT2D eigenvalue weighted by atomic mass is 32.2. The molecule has 0 radical (unpaired) electrons. The molecule has 2 fully saturated rings. The van der Waals surface area contributed by atoms with Crippen LogP contribution in [0.1, 0.15) is 30.4 Å². The van der Waals surface area contributed by atoms with Crippen LogP contribution in [-0.2, 0) is 14.8 Å². The molecule has 2 aliphatic rings. The molecule has 1 aromatic carbocycles. The molecule has 0 spiro atoms. The molecule has 0 aromatic heterocycles. The maximum atomic E-state index is 12.9. The van der Waals surface area contributed by atoms with Crippen molar-refractivity contribution in [2.45, 2.75) is 38.0 Å². The van der Waals surface area contributed by atoms with E-state index in [1.165, 1.54) is 0 Å². The molecular weight excluding hydrogens is 336 g/mol. The van der Waals surface area contributed by atoms with Crippen molar-refractivity contribution in [2.24, 2.45) is 5.92 Å². The molecule has 1 aromatic rings. The zero-order chi connectivity index (χ0) is 17.9. The Labute approximate surface area is 152 Å². The van der Waals surface area contributed by atoms with Crippen LogP contribution in [0.5, 0.6) is 0 Å². The van der Waals surface area contributed by atoms with E-state index in [1.807, 2.05) is 26.0 Å². The van der Waals surface area contributed by atoms with Gasteiger partial charge in [0.25, 0.3) is 0 Å². The first-order valence-corrected chi connectivity index (χ1v) is 10.8. The van der Waals surface area contributed by atoms with Crippen LogP contribution in [0.4, 0.5) is 0 Å². The maximum absolute atomic E-state index is 12.9. The maximum Gasteiger partial charge on any atom is 0.243 e. The molecule has 2 aliphatic heterocycles. The van der Waals surface area contributed by atoms with E-state index in [1.54, 1.807) is 10.4 Å². The average molecular weight is 367 g/mol. The van der Waals surface area contributed by atoms with Gasteiger partial charge in [-0.15, -0.1) is 0 Å². The van der Waals surface area contributed by atoms with E-state index in [9.17, 15) is 8.42 Å². The highest BCUT2D eigenvalue weighted by Crippen LogP contribution is 2.27. The molecule has 6 heteroatoms. The predicted octanol–water partition coefficient (Wildman–Crippen LogP) is 2.43. The number of benzene rings is 1. The second-order valence-electron chi connectivity index (χ2n) is 7.36. The van der Waals surface area contributed by atoms with Crippen molar-refractivity contribution in [3.05, 3.63) is 29.3 Å². The Morgan fingerprint density at radius 1 is 1.08 bits per heavy atom. The fraction of sp³-hybridized carbons (Fsp3) is 0.684. The molecular formula is C19H30N2O3S. The topological polar surface area (TPSA) is 49.9 Å². The highest BCUT2D eigenvalue weighted by molar-refractivity contribution is 7.89. The van der Waals surface area contributed by atoms with Gasteiger partial charge < -0.3 is 4.74 Å². The third-order valence-corrected chi connectivity index (χ3v) is 7.54. The van der Waals surface area contributed by atoms with Gasteiger partial charge in [-0.25, -0.2) is 8.42 Å². The van der Waals surface area contributed by atoms with Gasteiger partial charge in [0.1, 0.15) is 0 Å². The number of piperidine rings is 1. The number of hydrogen-bond acceptors (Lipinski definition) is 4. The number of ether oxygens (including phenoxy) is 1. The molecule has 0 unspecified atom stereocenters. The molecule has 0 amide bonds. The zero-order valence-electron chi connectivity index (χ0n) is 15.4. The van der Waals surface area contributed by atoms with Crippen LogP contribution in [0.15, 0.2) is 23.1 Å². The number of nitrogens with zero attached hydrogens (tertiary/aromatic N) is 2. The third-order valence-electron chi connectivity index (χ3n) is 5.48. The van der Waals surface area contributed by atoms with Crippen molar-refractivity contribution in [3.63, 3.8) is 0 Å². The van der Waals surface area contributed by atoms with E-state index < -0.39 is 10.0 Å². The fourth-order valence-electron chi connectivity index (χ4n) is 3.86. The van der Waals surface area contributed by atoms with Crippen molar-refractivity contribution in [1.82, 2.24) is 9.21 Å². The van der Waals surface area contributed by atoms with Gasteiger partial charge in [0.15, 0.2) is 0 Å². The lowest BCUT2D eigenvalue weighted by Crippen LogP contribution is -2.41. The summed E-state index contributed by atoms with van der Waals surface area (Å²) in [6, 6.07) is 5.58. The normalized spacial score (nSPS) is 21.5. The molecule has 0 bridgehead atoms. The minimum Gasteiger partial charge on any atom is -0.379 e. The SMILES string of the molecule is Cc1ccc(S(=O)(=O)N2CCC(CCN3CCOCC3)CC2)c(C)c1. The summed E-state index contributed by atoms with van der Waals surface area (Å²) in [6.45, 7) is 10.0. The summed E-state index contributed by atoms with van der Waals surface area (Å²) in [5.74, 6) is 0.633. The minimum absolute atomic E-state index is 0.463. The lowest BCUT2D eigenvalue weighted by atomic mass is 9.94. The van der Waals surface area contributed by atoms with Crippen LogP contribution in [0.3, 0.4) is 0 Å². The van der Waals surface area contributed by atoms with E-state index in [0.29, 0.717) is 23.9 Å². The second-order valence-corrected chi connectivity index (χ2v) is 9.27. The Balaban J connectivity index is 1.54. The average Bonchev–Trinajstić information content (AvgIpc) is 2.61. The van der Waals surface area contributed by atoms with Crippen molar-refractivity contribution in [1.29, 1.82) is 0 Å². The molecule has 25 heavy (non-hydrogen) atoms. The fourth-order valence-corrected chi connectivity index (χ4v) is 5.53. The molecule has 2 saturated heterocycles. The molecule has 2 heterocycles. The van der Waals surface area contributed by atoms with Crippen LogP contribution in [-0.4, -0.2) is 63.6 Å². The van der Waals surface area contributed by atoms with Crippen molar-refractivity contribution in [3.8, 4) is 0 Å². The van der Waals surface area contributed by atoms with Crippen molar-refractivity contribution >= 4 is 10.0 Å². The monoisotopic (exact) mass is 366 g/mol. The van der Waals surface area contributed by atoms with E-state index in [4.69, 9.17) is 4.74 Å². The number of sulfonamides is 1. The second kappa shape index (κ2) is 8.16. The lowest BCUT2D eigenvalue weighted by Gasteiger charge is -2.33. The molecule has 140 valence electrons. The number of morpholine rings is 1. The Morgan fingerprint density at radius 2 is 1.76 bits per heavy atom. The zero-order valence-corrected chi connectivity index (χ0v) is 16.2. The molecule has 3 rings (SSSR count). The summed E-state index contributed by atoms with van der Waals surface area (Å²) in [5.41, 5.74) is 1.94. The van der Waals surface area contributed by atoms with Gasteiger partial charge in [-0.1, -0.05) is 17.7 Å². The van der Waals surface area contributed by atoms with E-state index >= 15 is 0 Å². The van der Waals surface area contributed by atoms with E-state index in [0.717, 1.165) is 63.2 Å². The standard InChI is InChI=1S/C19H30N2O3S/c1-16-3-4-19(17(2)15-16)25(22,23)21-9-6-18(7-10-21)5-8-20-11-13-24-14-12-20/h3-4,15,18H,5-14H2,1-2H3. The van der Waals surface area contributed by atoms with Crippen LogP contribution >= 0.6 is 0 Å². The third kappa shape index (κ3) is 4.61. The first-order valence-electron chi connectivity index (χ1n) is 9.34. The Bertz CT molecular complexity index is 676. The summed E-state index contributed by atoms with van der Waals surface area (Å²) < 4.78 is 32.9. The minimum atomic E-state index is -3.36. The quantitative estimate of drug-likeness (QED) is 0.803. The largest absolute Gasteiger partial charge is 0.379 e. The lowest BCUT2D eigenvalue weighted by molar-refractivity contribution is 0.0343. The van der Waals surface area contributed by atoms with Gasteiger partial charge in [0.05, 0.1) is 18.1 Å². The summed E-state index contributed by atoms with van der Waals surface area (Å²) in [6.07, 6.45) is 3.10. The van der Waals surface area contributed by atoms with Crippen molar-refractivity contribution in [2.75, 3.05) is 45.9 Å². The van der Waals surface area contributed by atoms with Crippen LogP contribution in [0.25, 0.3) is 0 Å². The first-order chi connectivity index (χ1) is 12.0. The number of aryl methyl sites for hydroxylation is 2. The number of rotatable bonds is 5. The van der Waals surface area contributed by atoms with Gasteiger partial charge >= 0.3 is 0 Å². The van der Waals surface area contributed by atoms with Crippen LogP contribution < -0.4 is 0 Å². The van der Waals surface area contributed by atoms with Gasteiger partial charge in [0.2, 0.25) is 10.0 Å². The van der Waals surface area contributed by atoms with Gasteiger partial charge in [-0.2, -0.15) is 4.31 Å². The highest BCUT2D eigenvalue weighted by Gasteiger charge is 2.30. The molecule has 0 saturated carbocycles. The van der Waals surface area contributed by atoms with Crippen LogP contribution in [0.2, 0.25) is 0 Å². The summed E-state index contributed by atoms with van der Waals surface area (Å²) >= 11 is 0. The Kier molecular flexibility index (Phi) is 6.15. The number of hydrogen-bond donors (Lipinski definition) is 0. The van der Waals surface area contributed by atoms with E-state index in [2.05, 4.69) is 4.90 Å². The van der Waals surface area contributed by atoms with Crippen molar-refractivity contribution < 1.29 is 13.2 Å². The molecule has 5 nitrogen and oxygen atoms in total. The van der Waals surface area contributed by atoms with Crippen LogP contribution in [0, 0.1) is 19.8 Å². The molecule has 0 aliphatic carbocycles. The summed E-state index contributed by atoms with van der Waals surface area (Å²) in [7, 11) is -3.36. The van der Waals surface area contributed by atoms with Gasteiger partial charge in [-0.3, -0.25) is 4.90 Å². The van der Waals surface area contributed by atoms with Gasteiger partial charge in [-0.05, 0) is 57.2 Å². The molecule has 0 atom stereocenters.